The summed E-state index contributed by atoms with van der Waals surface area (Å²) in [6, 6.07) is 26.9. The molecule has 2 aromatic heterocycles. The third kappa shape index (κ3) is 7.02. The van der Waals surface area contributed by atoms with Crippen molar-refractivity contribution in [3.63, 3.8) is 0 Å². The number of carbonyl (C=O) groups excluding carboxylic acids is 1. The summed E-state index contributed by atoms with van der Waals surface area (Å²) in [5, 5.41) is 7.01. The molecule has 8 nitrogen and oxygen atoms in total. The average molecular weight is 615 g/mol. The monoisotopic (exact) mass is 614 g/mol. The molecule has 236 valence electrons. The minimum atomic E-state index is -0.133. The van der Waals surface area contributed by atoms with Gasteiger partial charge in [0, 0.05) is 43.9 Å². The van der Waals surface area contributed by atoms with Gasteiger partial charge in [0.2, 0.25) is 0 Å². The van der Waals surface area contributed by atoms with Gasteiger partial charge < -0.3 is 14.7 Å². The normalized spacial score (nSPS) is 13.8. The zero-order valence-corrected chi connectivity index (χ0v) is 27.3. The van der Waals surface area contributed by atoms with Gasteiger partial charge in [0.1, 0.15) is 5.82 Å². The van der Waals surface area contributed by atoms with Gasteiger partial charge in [-0.15, -0.1) is 0 Å². The van der Waals surface area contributed by atoms with E-state index in [0.717, 1.165) is 60.8 Å². The molecule has 0 bridgehead atoms. The first-order chi connectivity index (χ1) is 22.2. The average Bonchev–Trinajstić information content (AvgIpc) is 3.51. The lowest BCUT2D eigenvalue weighted by atomic mass is 9.87. The minimum Gasteiger partial charge on any atom is -0.354 e. The summed E-state index contributed by atoms with van der Waals surface area (Å²) in [5.41, 5.74) is 8.00. The molecule has 0 spiro atoms. The summed E-state index contributed by atoms with van der Waals surface area (Å²) >= 11 is 0. The minimum absolute atomic E-state index is 0.133. The molecule has 0 saturated carbocycles. The lowest BCUT2D eigenvalue weighted by Gasteiger charge is -2.35. The van der Waals surface area contributed by atoms with Crippen LogP contribution >= 0.6 is 0 Å². The molecule has 3 heterocycles. The molecule has 46 heavy (non-hydrogen) atoms. The molecule has 0 aliphatic carbocycles. The number of pyridine rings is 1. The molecular weight excluding hydrogens is 572 g/mol. The fourth-order valence-corrected chi connectivity index (χ4v) is 6.05. The first-order valence-electron chi connectivity index (χ1n) is 16.1. The van der Waals surface area contributed by atoms with Gasteiger partial charge in [-0.05, 0) is 76.9 Å². The summed E-state index contributed by atoms with van der Waals surface area (Å²) < 4.78 is 5.35. The van der Waals surface area contributed by atoms with Crippen LogP contribution in [0.3, 0.4) is 0 Å². The van der Waals surface area contributed by atoms with Crippen molar-refractivity contribution < 1.29 is 9.32 Å². The van der Waals surface area contributed by atoms with Crippen molar-refractivity contribution in [2.75, 3.05) is 36.4 Å². The van der Waals surface area contributed by atoms with Crippen LogP contribution in [0.1, 0.15) is 72.4 Å². The standard InChI is InChI=1S/C38H42N6O2/c1-25(2)29-12-14-30(15-13-29)36-33(26(3)4)10-7-11-34(36)37(45)41-32-16-17-35(39-23-32)44-20-18-43(19-21-44)24-28-8-6-9-31(22-28)38-40-27(5)42-46-38/h6-17,22-23,25-26H,18-21,24H2,1-5H3,(H,41,45). The van der Waals surface area contributed by atoms with Crippen LogP contribution in [-0.4, -0.2) is 52.1 Å². The topological polar surface area (TPSA) is 87.4 Å². The number of anilines is 2. The molecule has 1 fully saturated rings. The van der Waals surface area contributed by atoms with Crippen LogP contribution in [0.2, 0.25) is 0 Å². The molecule has 3 aromatic carbocycles. The largest absolute Gasteiger partial charge is 0.354 e. The first-order valence-corrected chi connectivity index (χ1v) is 16.1. The third-order valence-corrected chi connectivity index (χ3v) is 8.64. The summed E-state index contributed by atoms with van der Waals surface area (Å²) in [6.07, 6.45) is 1.76. The van der Waals surface area contributed by atoms with E-state index in [1.54, 1.807) is 6.20 Å². The second-order valence-electron chi connectivity index (χ2n) is 12.7. The third-order valence-electron chi connectivity index (χ3n) is 8.64. The Hall–Kier alpha value is -4.82. The molecular formula is C38H42N6O2. The van der Waals surface area contributed by atoms with Crippen LogP contribution in [0.5, 0.6) is 0 Å². The van der Waals surface area contributed by atoms with E-state index < -0.39 is 0 Å². The number of benzene rings is 3. The predicted octanol–water partition coefficient (Wildman–Crippen LogP) is 7.93. The van der Waals surface area contributed by atoms with Crippen LogP contribution in [0.4, 0.5) is 11.5 Å². The Morgan fingerprint density at radius 3 is 2.28 bits per heavy atom. The number of amides is 1. The van der Waals surface area contributed by atoms with Crippen molar-refractivity contribution in [1.82, 2.24) is 20.0 Å². The van der Waals surface area contributed by atoms with Crippen LogP contribution in [0.15, 0.2) is 89.6 Å². The molecule has 1 saturated heterocycles. The second kappa shape index (κ2) is 13.7. The Labute approximate surface area is 271 Å². The van der Waals surface area contributed by atoms with Crippen molar-refractivity contribution >= 4 is 17.4 Å². The number of nitrogens with zero attached hydrogens (tertiary/aromatic N) is 5. The molecule has 0 radical (unpaired) electrons. The SMILES string of the molecule is Cc1noc(-c2cccc(CN3CCN(c4ccc(NC(=O)c5cccc(C(C)C)c5-c5ccc(C(C)C)cc5)cn4)CC3)c2)n1. The number of nitrogens with one attached hydrogen (secondary N) is 1. The van der Waals surface area contributed by atoms with Gasteiger partial charge in [-0.3, -0.25) is 9.69 Å². The van der Waals surface area contributed by atoms with Crippen molar-refractivity contribution in [2.45, 2.75) is 53.0 Å². The van der Waals surface area contributed by atoms with E-state index in [2.05, 4.69) is 95.4 Å². The zero-order chi connectivity index (χ0) is 32.2. The van der Waals surface area contributed by atoms with E-state index in [-0.39, 0.29) is 11.8 Å². The summed E-state index contributed by atoms with van der Waals surface area (Å²) in [4.78, 5) is 27.5. The number of rotatable bonds is 9. The van der Waals surface area contributed by atoms with Crippen LogP contribution in [0.25, 0.3) is 22.6 Å². The highest BCUT2D eigenvalue weighted by molar-refractivity contribution is 6.09. The zero-order valence-electron chi connectivity index (χ0n) is 27.3. The predicted molar refractivity (Wildman–Crippen MR) is 184 cm³/mol. The van der Waals surface area contributed by atoms with Crippen LogP contribution < -0.4 is 10.2 Å². The smallest absolute Gasteiger partial charge is 0.257 e. The lowest BCUT2D eigenvalue weighted by molar-refractivity contribution is 0.102. The van der Waals surface area contributed by atoms with Crippen molar-refractivity contribution in [2.24, 2.45) is 0 Å². The Balaban J connectivity index is 1.09. The van der Waals surface area contributed by atoms with E-state index in [4.69, 9.17) is 9.51 Å². The fraction of sp³-hybridized carbons (Fsp3) is 0.316. The Morgan fingerprint density at radius 1 is 0.870 bits per heavy atom. The van der Waals surface area contributed by atoms with Gasteiger partial charge >= 0.3 is 0 Å². The van der Waals surface area contributed by atoms with Crippen molar-refractivity contribution in [3.05, 3.63) is 113 Å². The van der Waals surface area contributed by atoms with E-state index in [9.17, 15) is 4.79 Å². The highest BCUT2D eigenvalue weighted by Crippen LogP contribution is 2.34. The molecule has 1 N–H and O–H groups in total. The fourth-order valence-electron chi connectivity index (χ4n) is 6.05. The first kappa shape index (κ1) is 31.2. The maximum atomic E-state index is 13.7. The highest BCUT2D eigenvalue weighted by atomic mass is 16.5. The Morgan fingerprint density at radius 2 is 1.63 bits per heavy atom. The van der Waals surface area contributed by atoms with Gasteiger partial charge in [0.25, 0.3) is 11.8 Å². The molecule has 8 heteroatoms. The number of hydrogen-bond donors (Lipinski definition) is 1. The molecule has 0 atom stereocenters. The molecule has 1 aliphatic rings. The van der Waals surface area contributed by atoms with E-state index in [1.165, 1.54) is 11.1 Å². The Kier molecular flexibility index (Phi) is 9.26. The molecule has 5 aromatic rings. The lowest BCUT2D eigenvalue weighted by Crippen LogP contribution is -2.46. The number of piperazine rings is 1. The number of carbonyl (C=O) groups is 1. The Bertz CT molecular complexity index is 1790. The highest BCUT2D eigenvalue weighted by Gasteiger charge is 2.21. The maximum Gasteiger partial charge on any atom is 0.257 e. The van der Waals surface area contributed by atoms with Gasteiger partial charge in [0.15, 0.2) is 5.82 Å². The summed E-state index contributed by atoms with van der Waals surface area (Å²) in [5.74, 6) is 2.70. The maximum absolute atomic E-state index is 13.7. The molecule has 6 rings (SSSR count). The van der Waals surface area contributed by atoms with E-state index in [1.807, 2.05) is 43.3 Å². The molecule has 1 amide bonds. The van der Waals surface area contributed by atoms with Crippen molar-refractivity contribution in [1.29, 1.82) is 0 Å². The second-order valence-corrected chi connectivity index (χ2v) is 12.7. The van der Waals surface area contributed by atoms with Gasteiger partial charge in [-0.25, -0.2) is 4.98 Å². The number of hydrogen-bond acceptors (Lipinski definition) is 7. The van der Waals surface area contributed by atoms with Gasteiger partial charge in [-0.2, -0.15) is 4.98 Å². The quantitative estimate of drug-likeness (QED) is 0.180. The number of aromatic nitrogens is 3. The van der Waals surface area contributed by atoms with Gasteiger partial charge in [-0.1, -0.05) is 81.4 Å². The number of aryl methyl sites for hydroxylation is 1. The van der Waals surface area contributed by atoms with Gasteiger partial charge in [0.05, 0.1) is 11.9 Å². The van der Waals surface area contributed by atoms with E-state index >= 15 is 0 Å². The summed E-state index contributed by atoms with van der Waals surface area (Å²) in [7, 11) is 0. The van der Waals surface area contributed by atoms with Crippen molar-refractivity contribution in [3.8, 4) is 22.6 Å². The summed E-state index contributed by atoms with van der Waals surface area (Å²) in [6.45, 7) is 15.0. The van der Waals surface area contributed by atoms with Crippen LogP contribution in [-0.2, 0) is 6.54 Å². The van der Waals surface area contributed by atoms with Crippen LogP contribution in [0, 0.1) is 6.92 Å². The van der Waals surface area contributed by atoms with E-state index in [0.29, 0.717) is 28.9 Å². The molecule has 0 unspecified atom stereocenters. The molecule has 1 aliphatic heterocycles.